The number of phenolic OH excluding ortho intramolecular Hbond substituents is 1. The molecule has 8 nitrogen and oxygen atoms in total. The van der Waals surface area contributed by atoms with E-state index < -0.39 is 13.6 Å². The van der Waals surface area contributed by atoms with Crippen molar-refractivity contribution in [3.8, 4) is 11.5 Å². The van der Waals surface area contributed by atoms with Crippen LogP contribution in [-0.2, 0) is 31.4 Å². The van der Waals surface area contributed by atoms with E-state index in [2.05, 4.69) is 5.32 Å². The summed E-state index contributed by atoms with van der Waals surface area (Å²) in [7, 11) is -1.51. The zero-order valence-electron chi connectivity index (χ0n) is 18.4. The standard InChI is InChI=1S/C21H32NO7P/c1-6-28-30(25,29-7-2)11-10-22-12-14(3)8-9-16-19(23)18-17(13-27-21(18)24)15(4)20(16)26-5/h8,22-23H,6-7,9-13H2,1-5H3/b14-8+. The molecule has 0 amide bonds. The minimum absolute atomic E-state index is 0.0821. The number of ether oxygens (including phenoxy) is 2. The molecular weight excluding hydrogens is 409 g/mol. The van der Waals surface area contributed by atoms with E-state index >= 15 is 0 Å². The Labute approximate surface area is 178 Å². The molecule has 0 atom stereocenters. The summed E-state index contributed by atoms with van der Waals surface area (Å²) >= 11 is 0. The summed E-state index contributed by atoms with van der Waals surface area (Å²) in [6.07, 6.45) is 2.66. The molecule has 0 aliphatic carbocycles. The van der Waals surface area contributed by atoms with Gasteiger partial charge in [-0.1, -0.05) is 11.6 Å². The minimum Gasteiger partial charge on any atom is -0.507 e. The lowest BCUT2D eigenvalue weighted by Gasteiger charge is -2.17. The highest BCUT2D eigenvalue weighted by Crippen LogP contribution is 2.47. The normalized spacial score (nSPS) is 14.0. The number of nitrogens with one attached hydrogen (secondary N) is 1. The number of methoxy groups -OCH3 is 1. The van der Waals surface area contributed by atoms with Crippen molar-refractivity contribution >= 4 is 13.6 Å². The van der Waals surface area contributed by atoms with Crippen molar-refractivity contribution in [3.63, 3.8) is 0 Å². The van der Waals surface area contributed by atoms with E-state index in [0.29, 0.717) is 55.8 Å². The Morgan fingerprint density at radius 2 is 1.97 bits per heavy atom. The third-order valence-corrected chi connectivity index (χ3v) is 6.99. The number of cyclic esters (lactones) is 1. The summed E-state index contributed by atoms with van der Waals surface area (Å²) in [5, 5.41) is 13.9. The highest BCUT2D eigenvalue weighted by molar-refractivity contribution is 7.53. The Morgan fingerprint density at radius 1 is 1.30 bits per heavy atom. The molecule has 2 rings (SSSR count). The summed E-state index contributed by atoms with van der Waals surface area (Å²) in [4.78, 5) is 12.0. The van der Waals surface area contributed by atoms with Crippen molar-refractivity contribution in [3.05, 3.63) is 33.9 Å². The van der Waals surface area contributed by atoms with Crippen LogP contribution in [0.4, 0.5) is 0 Å². The zero-order chi connectivity index (χ0) is 22.3. The van der Waals surface area contributed by atoms with Crippen LogP contribution in [0.1, 0.15) is 47.8 Å². The zero-order valence-corrected chi connectivity index (χ0v) is 19.3. The summed E-state index contributed by atoms with van der Waals surface area (Å²) in [6, 6.07) is 0. The van der Waals surface area contributed by atoms with E-state index in [1.807, 2.05) is 19.9 Å². The Hall–Kier alpha value is -1.86. The predicted octanol–water partition coefficient (Wildman–Crippen LogP) is 3.72. The number of allylic oxidation sites excluding steroid dienone is 1. The van der Waals surface area contributed by atoms with Crippen LogP contribution in [-0.4, -0.2) is 50.7 Å². The quantitative estimate of drug-likeness (QED) is 0.219. The van der Waals surface area contributed by atoms with Gasteiger partial charge in [0.1, 0.15) is 23.7 Å². The van der Waals surface area contributed by atoms with Gasteiger partial charge in [0.25, 0.3) is 0 Å². The Bertz CT molecular complexity index is 840. The fraction of sp³-hybridized carbons (Fsp3) is 0.571. The maximum Gasteiger partial charge on any atom is 0.342 e. The van der Waals surface area contributed by atoms with Crippen LogP contribution in [0.3, 0.4) is 0 Å². The number of carbonyl (C=O) groups excluding carboxylic acids is 1. The van der Waals surface area contributed by atoms with Gasteiger partial charge in [-0.25, -0.2) is 4.79 Å². The van der Waals surface area contributed by atoms with Gasteiger partial charge in [-0.15, -0.1) is 0 Å². The van der Waals surface area contributed by atoms with Crippen LogP contribution in [0.15, 0.2) is 11.6 Å². The van der Waals surface area contributed by atoms with Crippen molar-refractivity contribution < 1.29 is 33.0 Å². The largest absolute Gasteiger partial charge is 0.507 e. The van der Waals surface area contributed by atoms with Crippen molar-refractivity contribution in [1.29, 1.82) is 0 Å². The van der Waals surface area contributed by atoms with Crippen LogP contribution in [0, 0.1) is 6.92 Å². The van der Waals surface area contributed by atoms with Gasteiger partial charge in [-0.05, 0) is 39.7 Å². The van der Waals surface area contributed by atoms with Gasteiger partial charge in [0.15, 0.2) is 0 Å². The summed E-state index contributed by atoms with van der Waals surface area (Å²) in [5.41, 5.74) is 3.30. The number of phenols is 1. The number of hydrogen-bond donors (Lipinski definition) is 2. The molecule has 9 heteroatoms. The van der Waals surface area contributed by atoms with Crippen LogP contribution < -0.4 is 10.1 Å². The minimum atomic E-state index is -3.05. The lowest BCUT2D eigenvalue weighted by atomic mass is 9.95. The van der Waals surface area contributed by atoms with Gasteiger partial charge in [-0.3, -0.25) is 4.57 Å². The van der Waals surface area contributed by atoms with E-state index in [1.54, 1.807) is 21.0 Å². The van der Waals surface area contributed by atoms with Crippen molar-refractivity contribution in [2.24, 2.45) is 0 Å². The fourth-order valence-corrected chi connectivity index (χ4v) is 4.99. The van der Waals surface area contributed by atoms with Gasteiger partial charge in [-0.2, -0.15) is 0 Å². The highest BCUT2D eigenvalue weighted by Gasteiger charge is 2.31. The van der Waals surface area contributed by atoms with E-state index in [-0.39, 0.29) is 17.9 Å². The molecule has 1 heterocycles. The molecule has 0 unspecified atom stereocenters. The number of carbonyl (C=O) groups is 1. The van der Waals surface area contributed by atoms with Gasteiger partial charge < -0.3 is 28.9 Å². The number of fused-ring (bicyclic) bond motifs is 1. The molecule has 1 aromatic rings. The summed E-state index contributed by atoms with van der Waals surface area (Å²) in [5.74, 6) is -0.0258. The first-order valence-corrected chi connectivity index (χ1v) is 11.8. The molecule has 0 radical (unpaired) electrons. The Morgan fingerprint density at radius 3 is 2.57 bits per heavy atom. The molecule has 2 N–H and O–H groups in total. The van der Waals surface area contributed by atoms with Crippen LogP contribution in [0.2, 0.25) is 0 Å². The lowest BCUT2D eigenvalue weighted by Crippen LogP contribution is -2.21. The van der Waals surface area contributed by atoms with Crippen molar-refractivity contribution in [2.45, 2.75) is 40.7 Å². The number of hydrogen-bond acceptors (Lipinski definition) is 8. The highest BCUT2D eigenvalue weighted by atomic mass is 31.2. The first-order chi connectivity index (χ1) is 14.3. The molecule has 30 heavy (non-hydrogen) atoms. The molecule has 1 aliphatic rings. The number of aromatic hydroxyl groups is 1. The van der Waals surface area contributed by atoms with E-state index in [0.717, 1.165) is 11.1 Å². The molecule has 1 aliphatic heterocycles. The average Bonchev–Trinajstić information content (AvgIpc) is 3.09. The summed E-state index contributed by atoms with van der Waals surface area (Å²) in [6.45, 7) is 9.28. The molecule has 0 fully saturated rings. The summed E-state index contributed by atoms with van der Waals surface area (Å²) < 4.78 is 33.6. The second kappa shape index (κ2) is 11.0. The smallest absolute Gasteiger partial charge is 0.342 e. The predicted molar refractivity (Wildman–Crippen MR) is 115 cm³/mol. The first kappa shape index (κ1) is 24.4. The van der Waals surface area contributed by atoms with Crippen LogP contribution in [0.25, 0.3) is 0 Å². The fourth-order valence-electron chi connectivity index (χ4n) is 3.44. The van der Waals surface area contributed by atoms with E-state index in [4.69, 9.17) is 18.5 Å². The maximum absolute atomic E-state index is 12.4. The first-order valence-electron chi connectivity index (χ1n) is 10.1. The van der Waals surface area contributed by atoms with Crippen LogP contribution in [0.5, 0.6) is 11.5 Å². The third-order valence-electron chi connectivity index (χ3n) is 4.92. The second-order valence-corrected chi connectivity index (χ2v) is 9.20. The molecular formula is C21H32NO7P. The topological polar surface area (TPSA) is 103 Å². The molecule has 0 spiro atoms. The number of benzene rings is 1. The van der Waals surface area contributed by atoms with Crippen molar-refractivity contribution in [2.75, 3.05) is 39.6 Å². The number of rotatable bonds is 12. The number of esters is 1. The lowest BCUT2D eigenvalue weighted by molar-refractivity contribution is 0.0533. The molecule has 0 bridgehead atoms. The van der Waals surface area contributed by atoms with E-state index in [9.17, 15) is 14.5 Å². The maximum atomic E-state index is 12.4. The van der Waals surface area contributed by atoms with Gasteiger partial charge in [0, 0.05) is 24.2 Å². The third kappa shape index (κ3) is 5.64. The second-order valence-electron chi connectivity index (χ2n) is 7.02. The molecule has 0 saturated carbocycles. The molecule has 0 saturated heterocycles. The average molecular weight is 441 g/mol. The van der Waals surface area contributed by atoms with E-state index in [1.165, 1.54) is 0 Å². The van der Waals surface area contributed by atoms with Crippen LogP contribution >= 0.6 is 7.60 Å². The SMILES string of the molecule is CCOP(=O)(CCNC/C(C)=C/Cc1c(O)c2c(c(C)c1OC)COC2=O)OCC. The van der Waals surface area contributed by atoms with Gasteiger partial charge >= 0.3 is 13.6 Å². The van der Waals surface area contributed by atoms with Gasteiger partial charge in [0.2, 0.25) is 0 Å². The molecule has 168 valence electrons. The molecule has 0 aromatic heterocycles. The monoisotopic (exact) mass is 441 g/mol. The van der Waals surface area contributed by atoms with Crippen molar-refractivity contribution in [1.82, 2.24) is 5.32 Å². The Kier molecular flexibility index (Phi) is 8.92. The Balaban J connectivity index is 2.02. The van der Waals surface area contributed by atoms with Gasteiger partial charge in [0.05, 0.1) is 26.5 Å². The molecule has 1 aromatic carbocycles.